The van der Waals surface area contributed by atoms with E-state index in [1.54, 1.807) is 37.4 Å². The first-order chi connectivity index (χ1) is 13.2. The molecule has 8 nitrogen and oxygen atoms in total. The second-order valence-electron chi connectivity index (χ2n) is 6.09. The molecule has 0 atom stereocenters. The molecule has 0 aliphatic heterocycles. The molecule has 10 heteroatoms. The number of hydrogen-bond acceptors (Lipinski definition) is 6. The van der Waals surface area contributed by atoms with Crippen molar-refractivity contribution in [2.45, 2.75) is 4.90 Å². The van der Waals surface area contributed by atoms with Crippen LogP contribution >= 0.6 is 11.3 Å². The van der Waals surface area contributed by atoms with Crippen molar-refractivity contribution in [1.82, 2.24) is 8.87 Å². The third-order valence-corrected chi connectivity index (χ3v) is 7.02. The zero-order chi connectivity index (χ0) is 20.5. The quantitative estimate of drug-likeness (QED) is 0.655. The van der Waals surface area contributed by atoms with Crippen LogP contribution in [0.15, 0.2) is 52.2 Å². The number of hydrogen-bond donors (Lipinski definition) is 1. The number of rotatable bonds is 6. The largest absolute Gasteiger partial charge is 0.497 e. The molecular formula is C18H19N3O5S2. The number of anilines is 1. The number of nitrogens with one attached hydrogen (secondary N) is 1. The Balaban J connectivity index is 1.72. The number of methoxy groups -OCH3 is 1. The first kappa shape index (κ1) is 20.1. The van der Waals surface area contributed by atoms with Gasteiger partial charge in [0.15, 0.2) is 0 Å². The van der Waals surface area contributed by atoms with Crippen LogP contribution in [0.3, 0.4) is 0 Å². The van der Waals surface area contributed by atoms with Crippen LogP contribution in [0.4, 0.5) is 5.69 Å². The number of thiazole rings is 1. The van der Waals surface area contributed by atoms with E-state index in [4.69, 9.17) is 4.74 Å². The van der Waals surface area contributed by atoms with Gasteiger partial charge in [-0.1, -0.05) is 11.3 Å². The summed E-state index contributed by atoms with van der Waals surface area (Å²) in [5.41, 5.74) is 1.27. The number of carbonyl (C=O) groups is 1. The topological polar surface area (TPSA) is 97.7 Å². The third-order valence-electron chi connectivity index (χ3n) is 4.21. The van der Waals surface area contributed by atoms with Crippen LogP contribution in [0.2, 0.25) is 0 Å². The second-order valence-corrected chi connectivity index (χ2v) is 9.13. The lowest BCUT2D eigenvalue weighted by Gasteiger charge is -2.17. The van der Waals surface area contributed by atoms with Gasteiger partial charge in [0.2, 0.25) is 15.9 Å². The number of nitrogens with zero attached hydrogens (tertiary/aromatic N) is 2. The summed E-state index contributed by atoms with van der Waals surface area (Å²) in [4.78, 5) is 24.0. The average Bonchev–Trinajstić information content (AvgIpc) is 2.95. The van der Waals surface area contributed by atoms with E-state index in [0.29, 0.717) is 11.4 Å². The molecule has 0 unspecified atom stereocenters. The molecule has 0 saturated heterocycles. The van der Waals surface area contributed by atoms with Crippen molar-refractivity contribution in [2.24, 2.45) is 7.05 Å². The zero-order valence-corrected chi connectivity index (χ0v) is 17.1. The number of likely N-dealkylation sites (N-methyl/N-ethyl adjacent to an activating group) is 1. The summed E-state index contributed by atoms with van der Waals surface area (Å²) in [6, 6.07) is 11.0. The normalized spacial score (nSPS) is 11.7. The number of ether oxygens (including phenoxy) is 1. The molecule has 0 fully saturated rings. The predicted octanol–water partition coefficient (Wildman–Crippen LogP) is 1.87. The molecule has 28 heavy (non-hydrogen) atoms. The van der Waals surface area contributed by atoms with Gasteiger partial charge in [0.1, 0.15) is 5.75 Å². The maximum Gasteiger partial charge on any atom is 0.307 e. The van der Waals surface area contributed by atoms with Gasteiger partial charge < -0.3 is 14.6 Å². The van der Waals surface area contributed by atoms with Crippen molar-refractivity contribution >= 4 is 43.2 Å². The first-order valence-corrected chi connectivity index (χ1v) is 10.5. The number of amides is 1. The Kier molecular flexibility index (Phi) is 5.54. The summed E-state index contributed by atoms with van der Waals surface area (Å²) in [5, 5.41) is 2.67. The highest BCUT2D eigenvalue weighted by atomic mass is 32.2. The Hall–Kier alpha value is -2.69. The molecule has 0 aliphatic rings. The molecule has 1 aromatic heterocycles. The van der Waals surface area contributed by atoms with Crippen molar-refractivity contribution in [1.29, 1.82) is 0 Å². The number of fused-ring (bicyclic) bond motifs is 1. The van der Waals surface area contributed by atoms with Gasteiger partial charge in [0, 0.05) is 19.8 Å². The monoisotopic (exact) mass is 421 g/mol. The molecule has 0 saturated carbocycles. The van der Waals surface area contributed by atoms with Gasteiger partial charge in [-0.25, -0.2) is 8.42 Å². The molecule has 148 valence electrons. The van der Waals surface area contributed by atoms with Gasteiger partial charge in [-0.05, 0) is 42.5 Å². The van der Waals surface area contributed by atoms with E-state index in [1.807, 2.05) is 0 Å². The van der Waals surface area contributed by atoms with Crippen LogP contribution in [0, 0.1) is 0 Å². The maximum atomic E-state index is 12.6. The van der Waals surface area contributed by atoms with Crippen LogP contribution in [-0.4, -0.2) is 43.9 Å². The van der Waals surface area contributed by atoms with Crippen molar-refractivity contribution in [2.75, 3.05) is 26.0 Å². The molecule has 3 aromatic rings. The van der Waals surface area contributed by atoms with Gasteiger partial charge in [-0.3, -0.25) is 9.59 Å². The van der Waals surface area contributed by atoms with E-state index in [9.17, 15) is 18.0 Å². The molecule has 0 aliphatic carbocycles. The van der Waals surface area contributed by atoms with E-state index in [2.05, 4.69) is 5.32 Å². The summed E-state index contributed by atoms with van der Waals surface area (Å²) in [7, 11) is 0.695. The maximum absolute atomic E-state index is 12.6. The van der Waals surface area contributed by atoms with Crippen molar-refractivity contribution in [3.05, 3.63) is 52.1 Å². The minimum absolute atomic E-state index is 0.0686. The first-order valence-electron chi connectivity index (χ1n) is 8.22. The summed E-state index contributed by atoms with van der Waals surface area (Å²) >= 11 is 1.08. The highest BCUT2D eigenvalue weighted by molar-refractivity contribution is 7.89. The van der Waals surface area contributed by atoms with E-state index in [1.165, 1.54) is 30.9 Å². The fourth-order valence-corrected chi connectivity index (χ4v) is 4.67. The summed E-state index contributed by atoms with van der Waals surface area (Å²) in [6.45, 7) is -0.350. The Morgan fingerprint density at radius 1 is 1.21 bits per heavy atom. The molecule has 1 N–H and O–H groups in total. The Bertz CT molecular complexity index is 1180. The van der Waals surface area contributed by atoms with Crippen LogP contribution < -0.4 is 14.9 Å². The standard InChI is InChI=1S/C18H19N3O5S2/c1-20(28(24,25)14-7-5-13(26-3)6-8-14)11-17(22)19-12-4-9-15-16(10-12)27-18(23)21(15)2/h4-10H,11H2,1-3H3,(H,19,22). The number of aryl methyl sites for hydroxylation is 1. The van der Waals surface area contributed by atoms with E-state index < -0.39 is 15.9 Å². The molecule has 0 bridgehead atoms. The van der Waals surface area contributed by atoms with Gasteiger partial charge >= 0.3 is 4.87 Å². The van der Waals surface area contributed by atoms with Gasteiger partial charge in [0.05, 0.1) is 28.8 Å². The Morgan fingerprint density at radius 3 is 2.54 bits per heavy atom. The molecule has 0 radical (unpaired) electrons. The highest BCUT2D eigenvalue weighted by Crippen LogP contribution is 2.22. The summed E-state index contributed by atoms with van der Waals surface area (Å²) in [5.74, 6) is 0.0557. The fraction of sp³-hybridized carbons (Fsp3) is 0.222. The average molecular weight is 422 g/mol. The molecule has 3 rings (SSSR count). The lowest BCUT2D eigenvalue weighted by atomic mass is 10.3. The highest BCUT2D eigenvalue weighted by Gasteiger charge is 2.23. The Labute approximate surface area is 166 Å². The summed E-state index contributed by atoms with van der Waals surface area (Å²) in [6.07, 6.45) is 0. The minimum atomic E-state index is -3.81. The van der Waals surface area contributed by atoms with Crippen molar-refractivity contribution in [3.8, 4) is 5.75 Å². The van der Waals surface area contributed by atoms with E-state index >= 15 is 0 Å². The minimum Gasteiger partial charge on any atom is -0.497 e. The molecule has 2 aromatic carbocycles. The number of aromatic nitrogens is 1. The number of benzene rings is 2. The number of sulfonamides is 1. The molecule has 1 amide bonds. The van der Waals surface area contributed by atoms with Gasteiger partial charge in [-0.15, -0.1) is 0 Å². The lowest BCUT2D eigenvalue weighted by Crippen LogP contribution is -2.34. The van der Waals surface area contributed by atoms with Gasteiger partial charge in [-0.2, -0.15) is 4.31 Å². The fourth-order valence-electron chi connectivity index (χ4n) is 2.63. The Morgan fingerprint density at radius 2 is 1.89 bits per heavy atom. The van der Waals surface area contributed by atoms with E-state index in [0.717, 1.165) is 25.9 Å². The van der Waals surface area contributed by atoms with Crippen molar-refractivity contribution in [3.63, 3.8) is 0 Å². The SMILES string of the molecule is COc1ccc(S(=O)(=O)N(C)CC(=O)Nc2ccc3c(c2)sc(=O)n3C)cc1. The van der Waals surface area contributed by atoms with Crippen LogP contribution in [0.1, 0.15) is 0 Å². The van der Waals surface area contributed by atoms with Crippen LogP contribution in [0.5, 0.6) is 5.75 Å². The van der Waals surface area contributed by atoms with Crippen molar-refractivity contribution < 1.29 is 17.9 Å². The second kappa shape index (κ2) is 7.74. The smallest absolute Gasteiger partial charge is 0.307 e. The summed E-state index contributed by atoms with van der Waals surface area (Å²) < 4.78 is 33.5. The van der Waals surface area contributed by atoms with Crippen LogP contribution in [-0.2, 0) is 21.9 Å². The lowest BCUT2D eigenvalue weighted by molar-refractivity contribution is -0.116. The van der Waals surface area contributed by atoms with Crippen LogP contribution in [0.25, 0.3) is 10.2 Å². The zero-order valence-electron chi connectivity index (χ0n) is 15.5. The van der Waals surface area contributed by atoms with E-state index in [-0.39, 0.29) is 16.3 Å². The number of carbonyl (C=O) groups excluding carboxylic acids is 1. The molecular weight excluding hydrogens is 402 g/mol. The molecule has 0 spiro atoms. The predicted molar refractivity (Wildman–Crippen MR) is 109 cm³/mol. The third kappa shape index (κ3) is 3.93. The molecule has 1 heterocycles. The van der Waals surface area contributed by atoms with Gasteiger partial charge in [0.25, 0.3) is 0 Å².